The van der Waals surface area contributed by atoms with Crippen LogP contribution in [0.5, 0.6) is 0 Å². The number of carboxylic acids is 1. The normalized spacial score (nSPS) is 14.9. The van der Waals surface area contributed by atoms with Crippen molar-refractivity contribution in [2.24, 2.45) is 0 Å². The van der Waals surface area contributed by atoms with E-state index in [0.717, 1.165) is 5.56 Å². The van der Waals surface area contributed by atoms with Gasteiger partial charge in [-0.05, 0) is 44.5 Å². The number of aromatic amines is 1. The van der Waals surface area contributed by atoms with Crippen molar-refractivity contribution in [2.45, 2.75) is 38.8 Å². The van der Waals surface area contributed by atoms with Crippen LogP contribution in [0.25, 0.3) is 11.0 Å². The largest absolute Gasteiger partial charge is 0.478 e. The molecule has 1 saturated heterocycles. The number of alkyl carbamates (subject to hydrolysis) is 1. The molecule has 3 heterocycles. The fourth-order valence-corrected chi connectivity index (χ4v) is 4.49. The van der Waals surface area contributed by atoms with E-state index < -0.39 is 23.7 Å². The van der Waals surface area contributed by atoms with Crippen LogP contribution < -0.4 is 10.2 Å². The summed E-state index contributed by atoms with van der Waals surface area (Å²) in [5.74, 6) is -1.30. The van der Waals surface area contributed by atoms with Crippen molar-refractivity contribution in [3.63, 3.8) is 0 Å². The number of H-pyrrole nitrogens is 1. The molecule has 0 spiro atoms. The van der Waals surface area contributed by atoms with Gasteiger partial charge in [0.25, 0.3) is 0 Å². The fraction of sp³-hybridized carbons (Fsp3) is 0.385. The van der Waals surface area contributed by atoms with Gasteiger partial charge in [0.15, 0.2) is 0 Å². The molecule has 1 aliphatic heterocycles. The zero-order valence-electron chi connectivity index (χ0n) is 21.0. The van der Waals surface area contributed by atoms with Crippen LogP contribution in [0.3, 0.4) is 0 Å². The monoisotopic (exact) mass is 527 g/mol. The van der Waals surface area contributed by atoms with E-state index in [0.29, 0.717) is 47.9 Å². The lowest BCUT2D eigenvalue weighted by atomic mass is 10.0. The second kappa shape index (κ2) is 10.7. The molecule has 3 N–H and O–H groups in total. The Morgan fingerprint density at radius 3 is 2.43 bits per heavy atom. The number of rotatable bonds is 6. The van der Waals surface area contributed by atoms with E-state index in [1.165, 1.54) is 6.20 Å². The van der Waals surface area contributed by atoms with Gasteiger partial charge in [0.1, 0.15) is 22.9 Å². The van der Waals surface area contributed by atoms with E-state index in [-0.39, 0.29) is 17.9 Å². The number of fused-ring (bicyclic) bond motifs is 1. The summed E-state index contributed by atoms with van der Waals surface area (Å²) in [5.41, 5.74) is 1.42. The van der Waals surface area contributed by atoms with Crippen molar-refractivity contribution in [3.05, 3.63) is 58.9 Å². The lowest BCUT2D eigenvalue weighted by Crippen LogP contribution is -2.56. The fourth-order valence-electron chi connectivity index (χ4n) is 4.37. The first-order valence-electron chi connectivity index (χ1n) is 12.0. The van der Waals surface area contributed by atoms with Crippen molar-refractivity contribution in [3.8, 4) is 0 Å². The molecule has 0 radical (unpaired) electrons. The number of piperazine rings is 1. The SMILES string of the molecule is CC(C)(C)OC(=O)N[C@H](Cc1ccc(Cl)cc1)C(=O)N1CCN(c2c(C(=O)O)cnc3[nH]ccc23)CC1. The van der Waals surface area contributed by atoms with Crippen molar-refractivity contribution in [2.75, 3.05) is 31.1 Å². The highest BCUT2D eigenvalue weighted by atomic mass is 35.5. The van der Waals surface area contributed by atoms with Crippen LogP contribution in [0.2, 0.25) is 5.02 Å². The smallest absolute Gasteiger partial charge is 0.408 e. The number of nitrogens with one attached hydrogen (secondary N) is 2. The van der Waals surface area contributed by atoms with E-state index >= 15 is 0 Å². The Bertz CT molecular complexity index is 1290. The molecule has 37 heavy (non-hydrogen) atoms. The quantitative estimate of drug-likeness (QED) is 0.446. The van der Waals surface area contributed by atoms with Crippen LogP contribution in [0.4, 0.5) is 10.5 Å². The minimum atomic E-state index is -1.06. The first-order chi connectivity index (χ1) is 17.5. The Kier molecular flexibility index (Phi) is 7.58. The molecule has 1 aliphatic rings. The number of benzene rings is 1. The molecule has 11 heteroatoms. The van der Waals surface area contributed by atoms with Crippen molar-refractivity contribution in [1.29, 1.82) is 0 Å². The number of hydrogen-bond acceptors (Lipinski definition) is 6. The Morgan fingerprint density at radius 1 is 1.14 bits per heavy atom. The Hall–Kier alpha value is -3.79. The summed E-state index contributed by atoms with van der Waals surface area (Å²) < 4.78 is 5.39. The third-order valence-electron chi connectivity index (χ3n) is 6.04. The standard InChI is InChI=1S/C26H30ClN5O5/c1-26(2,3)37-25(36)30-20(14-16-4-6-17(27)7-5-16)23(33)32-12-10-31(11-13-32)21-18-8-9-28-22(18)29-15-19(21)24(34)35/h4-9,15,20H,10-14H2,1-3H3,(H,28,29)(H,30,36)(H,34,35)/t20-/m1/s1. The zero-order chi connectivity index (χ0) is 26.7. The predicted molar refractivity (Wildman–Crippen MR) is 140 cm³/mol. The van der Waals surface area contributed by atoms with Crippen LogP contribution in [0, 0.1) is 0 Å². The van der Waals surface area contributed by atoms with Crippen LogP contribution >= 0.6 is 11.6 Å². The average Bonchev–Trinajstić information content (AvgIpc) is 3.32. The van der Waals surface area contributed by atoms with E-state index in [1.807, 2.05) is 17.0 Å². The first-order valence-corrected chi connectivity index (χ1v) is 12.4. The molecule has 0 bridgehead atoms. The molecule has 1 atom stereocenters. The predicted octanol–water partition coefficient (Wildman–Crippen LogP) is 3.70. The summed E-state index contributed by atoms with van der Waals surface area (Å²) in [5, 5.41) is 13.8. The molecule has 2 amide bonds. The Morgan fingerprint density at radius 2 is 1.81 bits per heavy atom. The Balaban J connectivity index is 1.50. The maximum absolute atomic E-state index is 13.6. The van der Waals surface area contributed by atoms with Gasteiger partial charge in [0.2, 0.25) is 5.91 Å². The van der Waals surface area contributed by atoms with Gasteiger partial charge in [-0.1, -0.05) is 23.7 Å². The minimum Gasteiger partial charge on any atom is -0.478 e. The van der Waals surface area contributed by atoms with E-state index in [2.05, 4.69) is 15.3 Å². The summed E-state index contributed by atoms with van der Waals surface area (Å²) in [6.45, 7) is 6.85. The van der Waals surface area contributed by atoms with Gasteiger partial charge in [-0.2, -0.15) is 0 Å². The highest BCUT2D eigenvalue weighted by Crippen LogP contribution is 2.30. The van der Waals surface area contributed by atoms with Gasteiger partial charge in [-0.25, -0.2) is 14.6 Å². The minimum absolute atomic E-state index is 0.110. The number of aromatic nitrogens is 2. The number of nitrogens with zero attached hydrogens (tertiary/aromatic N) is 3. The summed E-state index contributed by atoms with van der Waals surface area (Å²) in [6, 6.07) is 8.07. The van der Waals surface area contributed by atoms with Gasteiger partial charge in [-0.3, -0.25) is 4.79 Å². The molecule has 10 nitrogen and oxygen atoms in total. The maximum Gasteiger partial charge on any atom is 0.408 e. The second-order valence-electron chi connectivity index (χ2n) is 9.91. The molecule has 0 saturated carbocycles. The number of hydrogen-bond donors (Lipinski definition) is 3. The molecule has 1 fully saturated rings. The third-order valence-corrected chi connectivity index (χ3v) is 6.29. The summed E-state index contributed by atoms with van der Waals surface area (Å²) in [6.07, 6.45) is 2.67. The van der Waals surface area contributed by atoms with E-state index in [1.54, 1.807) is 50.1 Å². The summed E-state index contributed by atoms with van der Waals surface area (Å²) in [4.78, 5) is 48.8. The molecule has 3 aromatic rings. The number of ether oxygens (including phenoxy) is 1. The number of anilines is 1. The number of carbonyl (C=O) groups is 3. The number of carboxylic acid groups (broad SMARTS) is 1. The van der Waals surface area contributed by atoms with Gasteiger partial charge < -0.3 is 29.9 Å². The lowest BCUT2D eigenvalue weighted by molar-refractivity contribution is -0.133. The van der Waals surface area contributed by atoms with Gasteiger partial charge in [0, 0.05) is 55.4 Å². The molecule has 4 rings (SSSR count). The van der Waals surface area contributed by atoms with Crippen LogP contribution in [-0.2, 0) is 16.0 Å². The van der Waals surface area contributed by atoms with Gasteiger partial charge in [0.05, 0.1) is 5.69 Å². The number of halogens is 1. The maximum atomic E-state index is 13.6. The van der Waals surface area contributed by atoms with Crippen molar-refractivity contribution in [1.82, 2.24) is 20.2 Å². The molecule has 1 aromatic carbocycles. The van der Waals surface area contributed by atoms with E-state index in [9.17, 15) is 19.5 Å². The number of carbonyl (C=O) groups excluding carboxylic acids is 2. The zero-order valence-corrected chi connectivity index (χ0v) is 21.7. The number of pyridine rings is 1. The molecule has 0 aliphatic carbocycles. The van der Waals surface area contributed by atoms with Gasteiger partial charge in [-0.15, -0.1) is 0 Å². The van der Waals surface area contributed by atoms with E-state index in [4.69, 9.17) is 16.3 Å². The van der Waals surface area contributed by atoms with Crippen LogP contribution in [-0.4, -0.2) is 75.8 Å². The molecular weight excluding hydrogens is 498 g/mol. The van der Waals surface area contributed by atoms with Crippen LogP contribution in [0.1, 0.15) is 36.7 Å². The first kappa shape index (κ1) is 26.3. The number of aromatic carboxylic acids is 1. The molecule has 0 unspecified atom stereocenters. The van der Waals surface area contributed by atoms with Crippen molar-refractivity contribution >= 4 is 46.3 Å². The van der Waals surface area contributed by atoms with Crippen molar-refractivity contribution < 1.29 is 24.2 Å². The lowest BCUT2D eigenvalue weighted by Gasteiger charge is -2.38. The third kappa shape index (κ3) is 6.32. The summed E-state index contributed by atoms with van der Waals surface area (Å²) >= 11 is 6.00. The Labute approximate surface area is 219 Å². The number of amides is 2. The van der Waals surface area contributed by atoms with Gasteiger partial charge >= 0.3 is 12.1 Å². The molecular formula is C26H30ClN5O5. The van der Waals surface area contributed by atoms with Crippen LogP contribution in [0.15, 0.2) is 42.7 Å². The highest BCUT2D eigenvalue weighted by Gasteiger charge is 2.32. The molecule has 196 valence electrons. The second-order valence-corrected chi connectivity index (χ2v) is 10.3. The summed E-state index contributed by atoms with van der Waals surface area (Å²) in [7, 11) is 0. The highest BCUT2D eigenvalue weighted by molar-refractivity contribution is 6.30. The molecule has 2 aromatic heterocycles. The topological polar surface area (TPSA) is 128 Å². The average molecular weight is 528 g/mol.